The molecule has 2 aromatic rings. The number of benzene rings is 1. The predicted molar refractivity (Wildman–Crippen MR) is 69.4 cm³/mol. The quantitative estimate of drug-likeness (QED) is 0.771. The lowest BCUT2D eigenvalue weighted by Crippen LogP contribution is -1.96. The normalized spacial score (nSPS) is 14.5. The summed E-state index contributed by atoms with van der Waals surface area (Å²) >= 11 is 0. The summed E-state index contributed by atoms with van der Waals surface area (Å²) in [7, 11) is 0. The van der Waals surface area contributed by atoms with E-state index in [0.717, 1.165) is 22.6 Å². The molecule has 0 spiro atoms. The zero-order valence-electron chi connectivity index (χ0n) is 10.3. The lowest BCUT2D eigenvalue weighted by Gasteiger charge is -2.04. The van der Waals surface area contributed by atoms with Crippen LogP contribution in [0.4, 0.5) is 0 Å². The van der Waals surface area contributed by atoms with Crippen LogP contribution >= 0.6 is 0 Å². The third kappa shape index (κ3) is 2.16. The Bertz CT molecular complexity index is 603. The number of Topliss-reactive ketones (excluding diaryl/α,β-unsaturated/α-hetero) is 1. The monoisotopic (exact) mass is 238 g/mol. The smallest absolute Gasteiger partial charge is 0.159 e. The van der Waals surface area contributed by atoms with E-state index in [-0.39, 0.29) is 5.78 Å². The number of aromatic nitrogens is 2. The van der Waals surface area contributed by atoms with Crippen LogP contribution in [0.1, 0.15) is 41.9 Å². The lowest BCUT2D eigenvalue weighted by molar-refractivity contribution is 0.101. The molecule has 1 aromatic heterocycles. The maximum atomic E-state index is 11.4. The first-order chi connectivity index (χ1) is 8.74. The van der Waals surface area contributed by atoms with Gasteiger partial charge in [0, 0.05) is 23.2 Å². The van der Waals surface area contributed by atoms with Crippen LogP contribution in [-0.4, -0.2) is 15.8 Å². The number of carbonyl (C=O) groups is 1. The van der Waals surface area contributed by atoms with Crippen molar-refractivity contribution < 1.29 is 4.79 Å². The first kappa shape index (κ1) is 11.1. The lowest BCUT2D eigenvalue weighted by atomic mass is 10.1. The molecule has 1 aliphatic rings. The van der Waals surface area contributed by atoms with Crippen molar-refractivity contribution in [3.63, 3.8) is 0 Å². The average Bonchev–Trinajstić information content (AvgIpc) is 3.23. The summed E-state index contributed by atoms with van der Waals surface area (Å²) in [6.45, 7) is 1.58. The molecular formula is C15H14N2O. The van der Waals surface area contributed by atoms with E-state index in [4.69, 9.17) is 0 Å². The maximum absolute atomic E-state index is 11.4. The Balaban J connectivity index is 2.00. The molecule has 0 bridgehead atoms. The van der Waals surface area contributed by atoms with Crippen molar-refractivity contribution in [1.29, 1.82) is 0 Å². The zero-order chi connectivity index (χ0) is 12.5. The highest BCUT2D eigenvalue weighted by Gasteiger charge is 2.26. The van der Waals surface area contributed by atoms with Crippen molar-refractivity contribution in [2.45, 2.75) is 25.7 Å². The number of carbonyl (C=O) groups excluding carboxylic acids is 1. The Kier molecular flexibility index (Phi) is 2.67. The highest BCUT2D eigenvalue weighted by Crippen LogP contribution is 2.38. The fraction of sp³-hybridized carbons (Fsp3) is 0.267. The second-order valence-electron chi connectivity index (χ2n) is 4.71. The van der Waals surface area contributed by atoms with Crippen LogP contribution in [0, 0.1) is 0 Å². The van der Waals surface area contributed by atoms with Gasteiger partial charge in [-0.3, -0.25) is 4.79 Å². The van der Waals surface area contributed by atoms with Gasteiger partial charge in [-0.2, -0.15) is 0 Å². The Morgan fingerprint density at radius 1 is 1.28 bits per heavy atom. The molecular weight excluding hydrogens is 224 g/mol. The average molecular weight is 238 g/mol. The predicted octanol–water partition coefficient (Wildman–Crippen LogP) is 3.22. The molecule has 0 unspecified atom stereocenters. The molecule has 1 aliphatic carbocycles. The molecule has 0 saturated heterocycles. The largest absolute Gasteiger partial charge is 0.295 e. The minimum Gasteiger partial charge on any atom is -0.295 e. The second kappa shape index (κ2) is 4.33. The zero-order valence-corrected chi connectivity index (χ0v) is 10.3. The van der Waals surface area contributed by atoms with Crippen LogP contribution in [0.5, 0.6) is 0 Å². The topological polar surface area (TPSA) is 42.9 Å². The molecule has 18 heavy (non-hydrogen) atoms. The molecule has 3 rings (SSSR count). The molecule has 0 aliphatic heterocycles. The van der Waals surface area contributed by atoms with E-state index in [9.17, 15) is 4.79 Å². The van der Waals surface area contributed by atoms with Gasteiger partial charge in [-0.05, 0) is 31.9 Å². The molecule has 1 heterocycles. The Morgan fingerprint density at radius 2 is 2.11 bits per heavy atom. The van der Waals surface area contributed by atoms with Crippen molar-refractivity contribution in [3.8, 4) is 11.3 Å². The molecule has 0 atom stereocenters. The standard InChI is InChI=1S/C15H14N2O/c1-10(18)12-3-2-4-13(9-12)14-7-8-16-15(17-14)11-5-6-11/h2-4,7-9,11H,5-6H2,1H3. The molecule has 0 radical (unpaired) electrons. The van der Waals surface area contributed by atoms with Crippen LogP contribution in [0.25, 0.3) is 11.3 Å². The molecule has 0 N–H and O–H groups in total. The molecule has 0 amide bonds. The molecule has 1 saturated carbocycles. The van der Waals surface area contributed by atoms with Gasteiger partial charge < -0.3 is 0 Å². The Labute approximate surface area is 106 Å². The van der Waals surface area contributed by atoms with Gasteiger partial charge in [0.2, 0.25) is 0 Å². The van der Waals surface area contributed by atoms with E-state index in [2.05, 4.69) is 9.97 Å². The fourth-order valence-corrected chi connectivity index (χ4v) is 1.97. The highest BCUT2D eigenvalue weighted by molar-refractivity contribution is 5.95. The maximum Gasteiger partial charge on any atom is 0.159 e. The van der Waals surface area contributed by atoms with Gasteiger partial charge >= 0.3 is 0 Å². The first-order valence-corrected chi connectivity index (χ1v) is 6.18. The summed E-state index contributed by atoms with van der Waals surface area (Å²) in [5.41, 5.74) is 2.60. The van der Waals surface area contributed by atoms with Gasteiger partial charge in [-0.15, -0.1) is 0 Å². The summed E-state index contributed by atoms with van der Waals surface area (Å²) in [5, 5.41) is 0. The van der Waals surface area contributed by atoms with Crippen molar-refractivity contribution in [1.82, 2.24) is 9.97 Å². The van der Waals surface area contributed by atoms with E-state index in [1.165, 1.54) is 12.8 Å². The summed E-state index contributed by atoms with van der Waals surface area (Å²) in [4.78, 5) is 20.3. The molecule has 90 valence electrons. The first-order valence-electron chi connectivity index (χ1n) is 6.18. The van der Waals surface area contributed by atoms with Crippen LogP contribution in [0.2, 0.25) is 0 Å². The fourth-order valence-electron chi connectivity index (χ4n) is 1.97. The molecule has 1 fully saturated rings. The number of rotatable bonds is 3. The summed E-state index contributed by atoms with van der Waals surface area (Å²) in [5.74, 6) is 1.55. The van der Waals surface area contributed by atoms with E-state index >= 15 is 0 Å². The Morgan fingerprint density at radius 3 is 2.83 bits per heavy atom. The van der Waals surface area contributed by atoms with Crippen LogP contribution in [-0.2, 0) is 0 Å². The van der Waals surface area contributed by atoms with Gasteiger partial charge in [0.1, 0.15) is 5.82 Å². The molecule has 3 heteroatoms. The van der Waals surface area contributed by atoms with E-state index < -0.39 is 0 Å². The van der Waals surface area contributed by atoms with Crippen molar-refractivity contribution in [2.75, 3.05) is 0 Å². The minimum absolute atomic E-state index is 0.0772. The summed E-state index contributed by atoms with van der Waals surface area (Å²) < 4.78 is 0. The van der Waals surface area contributed by atoms with E-state index in [1.807, 2.05) is 30.3 Å². The number of hydrogen-bond acceptors (Lipinski definition) is 3. The summed E-state index contributed by atoms with van der Waals surface area (Å²) in [6, 6.07) is 9.48. The van der Waals surface area contributed by atoms with Gasteiger partial charge in [-0.1, -0.05) is 18.2 Å². The third-order valence-corrected chi connectivity index (χ3v) is 3.18. The third-order valence-electron chi connectivity index (χ3n) is 3.18. The number of hydrogen-bond donors (Lipinski definition) is 0. The van der Waals surface area contributed by atoms with E-state index in [0.29, 0.717) is 5.92 Å². The summed E-state index contributed by atoms with van der Waals surface area (Å²) in [6.07, 6.45) is 4.18. The highest BCUT2D eigenvalue weighted by atomic mass is 16.1. The van der Waals surface area contributed by atoms with Gasteiger partial charge in [0.25, 0.3) is 0 Å². The second-order valence-corrected chi connectivity index (χ2v) is 4.71. The van der Waals surface area contributed by atoms with Crippen LogP contribution in [0.15, 0.2) is 36.5 Å². The minimum atomic E-state index is 0.0772. The number of nitrogens with zero attached hydrogens (tertiary/aromatic N) is 2. The van der Waals surface area contributed by atoms with E-state index in [1.54, 1.807) is 13.1 Å². The van der Waals surface area contributed by atoms with Crippen molar-refractivity contribution in [2.24, 2.45) is 0 Å². The van der Waals surface area contributed by atoms with Gasteiger partial charge in [0.05, 0.1) is 5.69 Å². The van der Waals surface area contributed by atoms with Crippen LogP contribution < -0.4 is 0 Å². The Hall–Kier alpha value is -2.03. The molecule has 3 nitrogen and oxygen atoms in total. The number of ketones is 1. The van der Waals surface area contributed by atoms with Gasteiger partial charge in [0.15, 0.2) is 5.78 Å². The SMILES string of the molecule is CC(=O)c1cccc(-c2ccnc(C3CC3)n2)c1. The van der Waals surface area contributed by atoms with Gasteiger partial charge in [-0.25, -0.2) is 9.97 Å². The van der Waals surface area contributed by atoms with Crippen LogP contribution in [0.3, 0.4) is 0 Å². The molecule has 1 aromatic carbocycles. The van der Waals surface area contributed by atoms with Crippen molar-refractivity contribution >= 4 is 5.78 Å². The van der Waals surface area contributed by atoms with Crippen molar-refractivity contribution in [3.05, 3.63) is 47.9 Å².